The van der Waals surface area contributed by atoms with Gasteiger partial charge in [0.15, 0.2) is 6.29 Å². The molecule has 0 aliphatic rings. The quantitative estimate of drug-likeness (QED) is 0.820. The van der Waals surface area contributed by atoms with Gasteiger partial charge in [0, 0.05) is 12.6 Å². The Labute approximate surface area is 109 Å². The van der Waals surface area contributed by atoms with Crippen molar-refractivity contribution in [3.63, 3.8) is 0 Å². The highest BCUT2D eigenvalue weighted by molar-refractivity contribution is 5.88. The minimum Gasteiger partial charge on any atom is -0.478 e. The van der Waals surface area contributed by atoms with Crippen molar-refractivity contribution >= 4 is 18.1 Å². The number of aromatic carboxylic acids is 1. The maximum atomic E-state index is 10.8. The van der Waals surface area contributed by atoms with Crippen LogP contribution in [0.15, 0.2) is 36.4 Å². The summed E-state index contributed by atoms with van der Waals surface area (Å²) in [5.74, 6) is -0.471. The van der Waals surface area contributed by atoms with Gasteiger partial charge in [-0.05, 0) is 24.3 Å². The van der Waals surface area contributed by atoms with Crippen molar-refractivity contribution in [1.29, 1.82) is 0 Å². The van der Waals surface area contributed by atoms with Gasteiger partial charge in [0.05, 0.1) is 16.8 Å². The topological polar surface area (TPSA) is 79.3 Å². The van der Waals surface area contributed by atoms with E-state index in [0.29, 0.717) is 17.1 Å². The molecule has 0 saturated heterocycles. The van der Waals surface area contributed by atoms with Gasteiger partial charge in [-0.2, -0.15) is 0 Å². The van der Waals surface area contributed by atoms with Crippen LogP contribution in [0.4, 0.5) is 5.82 Å². The second-order valence-electron chi connectivity index (χ2n) is 3.88. The monoisotopic (exact) mass is 256 g/mol. The summed E-state index contributed by atoms with van der Waals surface area (Å²) in [5, 5.41) is 11.7. The average Bonchev–Trinajstić information content (AvgIpc) is 2.46. The fraction of sp³-hybridized carbons (Fsp3) is 0.0714. The highest BCUT2D eigenvalue weighted by atomic mass is 16.4. The number of carbonyl (C=O) groups excluding carboxylic acids is 1. The van der Waals surface area contributed by atoms with E-state index in [1.54, 1.807) is 31.3 Å². The number of hydrogen-bond acceptors (Lipinski definition) is 4. The second kappa shape index (κ2) is 5.30. The van der Waals surface area contributed by atoms with Crippen molar-refractivity contribution in [3.8, 4) is 11.3 Å². The van der Waals surface area contributed by atoms with E-state index in [1.807, 2.05) is 0 Å². The van der Waals surface area contributed by atoms with Crippen LogP contribution in [-0.4, -0.2) is 29.4 Å². The lowest BCUT2D eigenvalue weighted by molar-refractivity contribution is 0.0696. The van der Waals surface area contributed by atoms with E-state index < -0.39 is 5.97 Å². The SMILES string of the molecule is CNc1nc(-c2ccc(C(=O)O)cc2)ccc1C=O. The van der Waals surface area contributed by atoms with Crippen LogP contribution in [0.3, 0.4) is 0 Å². The molecule has 0 aliphatic carbocycles. The summed E-state index contributed by atoms with van der Waals surface area (Å²) in [6, 6.07) is 9.81. The van der Waals surface area contributed by atoms with Crippen molar-refractivity contribution in [1.82, 2.24) is 4.98 Å². The third-order valence-electron chi connectivity index (χ3n) is 2.72. The summed E-state index contributed by atoms with van der Waals surface area (Å²) in [6.07, 6.45) is 0.732. The highest BCUT2D eigenvalue weighted by Crippen LogP contribution is 2.21. The summed E-state index contributed by atoms with van der Waals surface area (Å²) in [5.41, 5.74) is 2.17. The van der Waals surface area contributed by atoms with E-state index in [1.165, 1.54) is 12.1 Å². The molecule has 0 fully saturated rings. The van der Waals surface area contributed by atoms with E-state index in [9.17, 15) is 9.59 Å². The van der Waals surface area contributed by atoms with Crippen LogP contribution in [0.2, 0.25) is 0 Å². The highest BCUT2D eigenvalue weighted by Gasteiger charge is 2.07. The molecule has 1 heterocycles. The zero-order valence-corrected chi connectivity index (χ0v) is 10.3. The molecule has 2 N–H and O–H groups in total. The molecule has 0 radical (unpaired) electrons. The van der Waals surface area contributed by atoms with Crippen LogP contribution in [0.25, 0.3) is 11.3 Å². The number of aromatic nitrogens is 1. The van der Waals surface area contributed by atoms with Gasteiger partial charge in [0.1, 0.15) is 5.82 Å². The summed E-state index contributed by atoms with van der Waals surface area (Å²) in [7, 11) is 1.69. The number of hydrogen-bond donors (Lipinski definition) is 2. The third kappa shape index (κ3) is 2.60. The van der Waals surface area contributed by atoms with Gasteiger partial charge in [-0.15, -0.1) is 0 Å². The molecular formula is C14H12N2O3. The van der Waals surface area contributed by atoms with Crippen molar-refractivity contribution < 1.29 is 14.7 Å². The molecule has 0 atom stereocenters. The molecule has 0 saturated carbocycles. The minimum atomic E-state index is -0.966. The number of aldehydes is 1. The molecule has 0 bridgehead atoms. The fourth-order valence-electron chi connectivity index (χ4n) is 1.71. The van der Waals surface area contributed by atoms with E-state index in [2.05, 4.69) is 10.3 Å². The van der Waals surface area contributed by atoms with E-state index >= 15 is 0 Å². The van der Waals surface area contributed by atoms with Gasteiger partial charge in [-0.3, -0.25) is 4.79 Å². The number of benzene rings is 1. The van der Waals surface area contributed by atoms with Gasteiger partial charge < -0.3 is 10.4 Å². The molecule has 1 aromatic carbocycles. The Hall–Kier alpha value is -2.69. The van der Waals surface area contributed by atoms with Crippen LogP contribution in [-0.2, 0) is 0 Å². The largest absolute Gasteiger partial charge is 0.478 e. The van der Waals surface area contributed by atoms with E-state index in [4.69, 9.17) is 5.11 Å². The molecular weight excluding hydrogens is 244 g/mol. The number of nitrogens with one attached hydrogen (secondary N) is 1. The predicted molar refractivity (Wildman–Crippen MR) is 71.6 cm³/mol. The summed E-state index contributed by atoms with van der Waals surface area (Å²) < 4.78 is 0. The minimum absolute atomic E-state index is 0.224. The van der Waals surface area contributed by atoms with Crippen molar-refractivity contribution in [2.45, 2.75) is 0 Å². The fourth-order valence-corrected chi connectivity index (χ4v) is 1.71. The average molecular weight is 256 g/mol. The number of carboxylic acids is 1. The first kappa shape index (κ1) is 12.8. The van der Waals surface area contributed by atoms with Gasteiger partial charge in [0.25, 0.3) is 0 Å². The van der Waals surface area contributed by atoms with Gasteiger partial charge in [-0.25, -0.2) is 9.78 Å². The first-order valence-corrected chi connectivity index (χ1v) is 5.63. The number of nitrogens with zero attached hydrogens (tertiary/aromatic N) is 1. The number of carboxylic acid groups (broad SMARTS) is 1. The Balaban J connectivity index is 2.41. The first-order valence-electron chi connectivity index (χ1n) is 5.63. The summed E-state index contributed by atoms with van der Waals surface area (Å²) >= 11 is 0. The lowest BCUT2D eigenvalue weighted by atomic mass is 10.1. The van der Waals surface area contributed by atoms with Crippen LogP contribution in [0, 0.1) is 0 Å². The molecule has 2 rings (SSSR count). The molecule has 0 spiro atoms. The first-order chi connectivity index (χ1) is 9.15. The Kier molecular flexibility index (Phi) is 3.56. The molecule has 96 valence electrons. The normalized spacial score (nSPS) is 9.95. The molecule has 5 nitrogen and oxygen atoms in total. The van der Waals surface area contributed by atoms with Crippen molar-refractivity contribution in [2.75, 3.05) is 12.4 Å². The summed E-state index contributed by atoms with van der Waals surface area (Å²) in [6.45, 7) is 0. The molecule has 0 amide bonds. The Morgan fingerprint density at radius 3 is 2.42 bits per heavy atom. The number of rotatable bonds is 4. The lowest BCUT2D eigenvalue weighted by Crippen LogP contribution is -1.99. The Morgan fingerprint density at radius 2 is 1.89 bits per heavy atom. The van der Waals surface area contributed by atoms with Gasteiger partial charge in [-0.1, -0.05) is 12.1 Å². The van der Waals surface area contributed by atoms with Crippen LogP contribution < -0.4 is 5.32 Å². The van der Waals surface area contributed by atoms with Crippen LogP contribution in [0.1, 0.15) is 20.7 Å². The van der Waals surface area contributed by atoms with Crippen LogP contribution >= 0.6 is 0 Å². The maximum Gasteiger partial charge on any atom is 0.335 e. The standard InChI is InChI=1S/C14H12N2O3/c1-15-13-11(8-17)6-7-12(16-13)9-2-4-10(5-3-9)14(18)19/h2-8H,1H3,(H,15,16)(H,18,19). The zero-order valence-electron chi connectivity index (χ0n) is 10.3. The van der Waals surface area contributed by atoms with Gasteiger partial charge in [0.2, 0.25) is 0 Å². The zero-order chi connectivity index (χ0) is 13.8. The summed E-state index contributed by atoms with van der Waals surface area (Å²) in [4.78, 5) is 25.9. The predicted octanol–water partition coefficient (Wildman–Crippen LogP) is 2.30. The van der Waals surface area contributed by atoms with Crippen molar-refractivity contribution in [3.05, 3.63) is 47.5 Å². The maximum absolute atomic E-state index is 10.8. The molecule has 0 aliphatic heterocycles. The molecule has 0 unspecified atom stereocenters. The Morgan fingerprint density at radius 1 is 1.21 bits per heavy atom. The van der Waals surface area contributed by atoms with Crippen molar-refractivity contribution in [2.24, 2.45) is 0 Å². The van der Waals surface area contributed by atoms with E-state index in [0.717, 1.165) is 11.8 Å². The Bertz CT molecular complexity index is 621. The van der Waals surface area contributed by atoms with Gasteiger partial charge >= 0.3 is 5.97 Å². The number of carbonyl (C=O) groups is 2. The molecule has 19 heavy (non-hydrogen) atoms. The third-order valence-corrected chi connectivity index (χ3v) is 2.72. The van der Waals surface area contributed by atoms with Crippen LogP contribution in [0.5, 0.6) is 0 Å². The van der Waals surface area contributed by atoms with E-state index in [-0.39, 0.29) is 5.56 Å². The molecule has 1 aromatic heterocycles. The second-order valence-corrected chi connectivity index (χ2v) is 3.88. The molecule has 5 heteroatoms. The lowest BCUT2D eigenvalue weighted by Gasteiger charge is -2.07. The molecule has 2 aromatic rings. The number of anilines is 1. The smallest absolute Gasteiger partial charge is 0.335 e. The number of pyridine rings is 1.